The monoisotopic (exact) mass is 367 g/mol. The first kappa shape index (κ1) is 17.7. The number of ether oxygens (including phenoxy) is 1. The van der Waals surface area contributed by atoms with E-state index in [4.69, 9.17) is 4.74 Å². The molecule has 2 N–H and O–H groups in total. The number of fused-ring (bicyclic) bond motifs is 2. The van der Waals surface area contributed by atoms with Crippen LogP contribution < -0.4 is 15.5 Å². The predicted octanol–water partition coefficient (Wildman–Crippen LogP) is 2.12. The van der Waals surface area contributed by atoms with Gasteiger partial charge in [0.25, 0.3) is 5.91 Å². The van der Waals surface area contributed by atoms with Crippen molar-refractivity contribution in [3.63, 3.8) is 0 Å². The van der Waals surface area contributed by atoms with E-state index in [1.165, 1.54) is 6.42 Å². The highest BCUT2D eigenvalue weighted by molar-refractivity contribution is 5.94. The number of nitrogens with one attached hydrogen (secondary N) is 2. The van der Waals surface area contributed by atoms with Gasteiger partial charge in [-0.25, -0.2) is 9.97 Å². The maximum atomic E-state index is 12.5. The van der Waals surface area contributed by atoms with Gasteiger partial charge in [0.05, 0.1) is 24.4 Å². The Kier molecular flexibility index (Phi) is 4.94. The van der Waals surface area contributed by atoms with Crippen LogP contribution in [0.2, 0.25) is 0 Å². The van der Waals surface area contributed by atoms with Gasteiger partial charge < -0.3 is 20.3 Å². The Balaban J connectivity index is 1.36. The Morgan fingerprint density at radius 2 is 1.93 bits per heavy atom. The molecule has 142 valence electrons. The molecular formula is C20H25N5O2. The first-order chi connectivity index (χ1) is 13.1. The molecule has 27 heavy (non-hydrogen) atoms. The van der Waals surface area contributed by atoms with Crippen LogP contribution in [0.5, 0.6) is 0 Å². The molecule has 3 fully saturated rings. The second-order valence-electron chi connectivity index (χ2n) is 7.07. The Morgan fingerprint density at radius 1 is 1.22 bits per heavy atom. The van der Waals surface area contributed by atoms with Crippen molar-refractivity contribution in [2.75, 3.05) is 29.9 Å². The van der Waals surface area contributed by atoms with Gasteiger partial charge in [-0.15, -0.1) is 0 Å². The lowest BCUT2D eigenvalue weighted by atomic mass is 9.98. The fourth-order valence-corrected chi connectivity index (χ4v) is 3.65. The van der Waals surface area contributed by atoms with Crippen molar-refractivity contribution in [1.29, 1.82) is 0 Å². The van der Waals surface area contributed by atoms with E-state index in [9.17, 15) is 4.79 Å². The summed E-state index contributed by atoms with van der Waals surface area (Å²) in [6, 6.07) is 9.64. The Bertz CT molecular complexity index is 808. The Labute approximate surface area is 159 Å². The Morgan fingerprint density at radius 3 is 2.59 bits per heavy atom. The summed E-state index contributed by atoms with van der Waals surface area (Å²) in [5, 5.41) is 6.11. The van der Waals surface area contributed by atoms with Gasteiger partial charge in [0.15, 0.2) is 0 Å². The maximum Gasteiger partial charge on any atom is 0.251 e. The molecule has 5 rings (SSSR count). The summed E-state index contributed by atoms with van der Waals surface area (Å²) in [5.74, 6) is 1.36. The minimum absolute atomic E-state index is 0.104. The van der Waals surface area contributed by atoms with Crippen molar-refractivity contribution in [2.24, 2.45) is 0 Å². The number of carbonyl (C=O) groups excluding carboxylic acids is 1. The van der Waals surface area contributed by atoms with Crippen LogP contribution in [0.15, 0.2) is 30.3 Å². The van der Waals surface area contributed by atoms with Gasteiger partial charge in [0.1, 0.15) is 11.6 Å². The average Bonchev–Trinajstić information content (AvgIpc) is 2.66. The minimum atomic E-state index is -0.104. The summed E-state index contributed by atoms with van der Waals surface area (Å²) in [4.78, 5) is 23.5. The van der Waals surface area contributed by atoms with Crippen LogP contribution in [-0.2, 0) is 11.3 Å². The molecule has 2 unspecified atom stereocenters. The van der Waals surface area contributed by atoms with E-state index in [0.717, 1.165) is 36.8 Å². The van der Waals surface area contributed by atoms with Gasteiger partial charge in [-0.1, -0.05) is 0 Å². The molecule has 4 heterocycles. The number of aryl methyl sites for hydroxylation is 1. The summed E-state index contributed by atoms with van der Waals surface area (Å²) in [6.45, 7) is 6.89. The summed E-state index contributed by atoms with van der Waals surface area (Å²) < 4.78 is 5.67. The SMILES string of the molecule is CCNc1cc(CNC(=O)c2ccc(N3CC4CC(C3)O4)cc2)nc(C)n1. The quantitative estimate of drug-likeness (QED) is 0.814. The number of amides is 1. The fourth-order valence-electron chi connectivity index (χ4n) is 3.65. The number of rotatable bonds is 6. The molecule has 1 amide bonds. The molecule has 1 aromatic carbocycles. The standard InChI is InChI=1S/C20H25N5O2/c1-3-21-19-8-15(23-13(2)24-19)10-22-20(26)14-4-6-16(7-5-14)25-11-17-9-18(12-25)27-17/h4-8,17-18H,3,9-12H2,1-2H3,(H,22,26)(H,21,23,24). The molecule has 2 bridgehead atoms. The number of morpholine rings is 1. The van der Waals surface area contributed by atoms with Crippen molar-refractivity contribution in [3.8, 4) is 0 Å². The van der Waals surface area contributed by atoms with E-state index in [0.29, 0.717) is 30.1 Å². The summed E-state index contributed by atoms with van der Waals surface area (Å²) in [6.07, 6.45) is 1.92. The number of piperidine rings is 1. The zero-order valence-corrected chi connectivity index (χ0v) is 15.7. The van der Waals surface area contributed by atoms with Gasteiger partial charge >= 0.3 is 0 Å². The van der Waals surface area contributed by atoms with Gasteiger partial charge in [0, 0.05) is 43.4 Å². The number of anilines is 2. The lowest BCUT2D eigenvalue weighted by Crippen LogP contribution is -2.57. The average molecular weight is 367 g/mol. The summed E-state index contributed by atoms with van der Waals surface area (Å²) >= 11 is 0. The molecular weight excluding hydrogens is 342 g/mol. The van der Waals surface area contributed by atoms with Crippen molar-refractivity contribution >= 4 is 17.4 Å². The van der Waals surface area contributed by atoms with Gasteiger partial charge in [-0.2, -0.15) is 0 Å². The number of hydrogen-bond acceptors (Lipinski definition) is 6. The van der Waals surface area contributed by atoms with E-state index in [1.807, 2.05) is 44.2 Å². The number of hydrogen-bond donors (Lipinski definition) is 2. The summed E-state index contributed by atoms with van der Waals surface area (Å²) in [7, 11) is 0. The lowest BCUT2D eigenvalue weighted by Gasteiger charge is -2.48. The molecule has 0 radical (unpaired) electrons. The fraction of sp³-hybridized carbons (Fsp3) is 0.450. The molecule has 3 aliphatic heterocycles. The smallest absolute Gasteiger partial charge is 0.251 e. The van der Waals surface area contributed by atoms with E-state index in [2.05, 4.69) is 25.5 Å². The van der Waals surface area contributed by atoms with Crippen molar-refractivity contribution < 1.29 is 9.53 Å². The molecule has 2 aromatic rings. The third-order valence-electron chi connectivity index (χ3n) is 4.93. The zero-order chi connectivity index (χ0) is 18.8. The van der Waals surface area contributed by atoms with Crippen LogP contribution in [0, 0.1) is 6.92 Å². The number of nitrogens with zero attached hydrogens (tertiary/aromatic N) is 3. The molecule has 0 saturated carbocycles. The third kappa shape index (κ3) is 4.03. The topological polar surface area (TPSA) is 79.4 Å². The van der Waals surface area contributed by atoms with E-state index < -0.39 is 0 Å². The van der Waals surface area contributed by atoms with Gasteiger partial charge in [-0.3, -0.25) is 4.79 Å². The van der Waals surface area contributed by atoms with Crippen LogP contribution >= 0.6 is 0 Å². The zero-order valence-electron chi connectivity index (χ0n) is 15.7. The van der Waals surface area contributed by atoms with Crippen LogP contribution in [0.4, 0.5) is 11.5 Å². The Hall–Kier alpha value is -2.67. The van der Waals surface area contributed by atoms with Gasteiger partial charge in [0.2, 0.25) is 0 Å². The van der Waals surface area contributed by atoms with Crippen molar-refractivity contribution in [2.45, 2.75) is 39.0 Å². The minimum Gasteiger partial charge on any atom is -0.371 e. The second kappa shape index (κ2) is 7.52. The molecule has 3 aliphatic rings. The van der Waals surface area contributed by atoms with E-state index in [1.54, 1.807) is 0 Å². The van der Waals surface area contributed by atoms with Crippen molar-refractivity contribution in [3.05, 3.63) is 47.4 Å². The highest BCUT2D eigenvalue weighted by atomic mass is 16.5. The van der Waals surface area contributed by atoms with Crippen LogP contribution in [0.25, 0.3) is 0 Å². The number of carbonyl (C=O) groups is 1. The van der Waals surface area contributed by atoms with Crippen LogP contribution in [0.1, 0.15) is 35.2 Å². The molecule has 0 spiro atoms. The maximum absolute atomic E-state index is 12.5. The van der Waals surface area contributed by atoms with Crippen LogP contribution in [0.3, 0.4) is 0 Å². The highest BCUT2D eigenvalue weighted by Crippen LogP contribution is 2.31. The molecule has 7 nitrogen and oxygen atoms in total. The summed E-state index contributed by atoms with van der Waals surface area (Å²) in [5.41, 5.74) is 2.58. The number of benzene rings is 1. The predicted molar refractivity (Wildman–Crippen MR) is 104 cm³/mol. The first-order valence-electron chi connectivity index (χ1n) is 9.48. The lowest BCUT2D eigenvalue weighted by molar-refractivity contribution is -0.133. The largest absolute Gasteiger partial charge is 0.371 e. The molecule has 7 heteroatoms. The molecule has 1 aromatic heterocycles. The van der Waals surface area contributed by atoms with Crippen molar-refractivity contribution in [1.82, 2.24) is 15.3 Å². The second-order valence-corrected chi connectivity index (χ2v) is 7.07. The highest BCUT2D eigenvalue weighted by Gasteiger charge is 2.38. The van der Waals surface area contributed by atoms with Gasteiger partial charge in [-0.05, 0) is 38.1 Å². The van der Waals surface area contributed by atoms with E-state index in [-0.39, 0.29) is 5.91 Å². The van der Waals surface area contributed by atoms with Crippen LogP contribution in [-0.4, -0.2) is 47.7 Å². The van der Waals surface area contributed by atoms with E-state index >= 15 is 0 Å². The first-order valence-corrected chi connectivity index (χ1v) is 9.48. The third-order valence-corrected chi connectivity index (χ3v) is 4.93. The molecule has 3 saturated heterocycles. The number of aromatic nitrogens is 2. The normalized spacial score (nSPS) is 20.7. The molecule has 2 atom stereocenters. The molecule has 0 aliphatic carbocycles.